The Morgan fingerprint density at radius 2 is 1.94 bits per heavy atom. The van der Waals surface area contributed by atoms with Crippen LogP contribution in [-0.2, 0) is 13.0 Å². The van der Waals surface area contributed by atoms with Gasteiger partial charge in [-0.25, -0.2) is 8.78 Å². The summed E-state index contributed by atoms with van der Waals surface area (Å²) in [6.07, 6.45) is 0.380. The maximum Gasteiger partial charge on any atom is 0.129 e. The Morgan fingerprint density at radius 3 is 2.62 bits per heavy atom. The maximum atomic E-state index is 13.4. The quantitative estimate of drug-likeness (QED) is 0.874. The topological polar surface area (TPSA) is 20.2 Å². The molecule has 16 heavy (non-hydrogen) atoms. The third-order valence-corrected chi connectivity index (χ3v) is 3.33. The number of thiophene rings is 1. The first-order valence-corrected chi connectivity index (χ1v) is 5.68. The number of hydrogen-bond donors (Lipinski definition) is 1. The van der Waals surface area contributed by atoms with Crippen molar-refractivity contribution < 1.29 is 13.9 Å². The second kappa shape index (κ2) is 4.72. The van der Waals surface area contributed by atoms with Crippen molar-refractivity contribution >= 4 is 11.3 Å². The predicted molar refractivity (Wildman–Crippen MR) is 59.4 cm³/mol. The van der Waals surface area contributed by atoms with Crippen molar-refractivity contribution in [2.75, 3.05) is 0 Å². The molecule has 0 aliphatic rings. The lowest BCUT2D eigenvalue weighted by Gasteiger charge is -2.03. The van der Waals surface area contributed by atoms with Gasteiger partial charge in [0, 0.05) is 17.4 Å². The highest BCUT2D eigenvalue weighted by Gasteiger charge is 2.08. The predicted octanol–water partition coefficient (Wildman–Crippen LogP) is 3.11. The first-order chi connectivity index (χ1) is 7.70. The minimum absolute atomic E-state index is 0.0458. The normalized spacial score (nSPS) is 10.7. The molecule has 0 saturated heterocycles. The SMILES string of the molecule is OCc1sccc1Cc1ccc(F)cc1F. The van der Waals surface area contributed by atoms with E-state index < -0.39 is 11.6 Å². The molecule has 4 heteroatoms. The van der Waals surface area contributed by atoms with Crippen molar-refractivity contribution in [2.45, 2.75) is 13.0 Å². The fraction of sp³-hybridized carbons (Fsp3) is 0.167. The van der Waals surface area contributed by atoms with E-state index >= 15 is 0 Å². The Kier molecular flexibility index (Phi) is 3.31. The van der Waals surface area contributed by atoms with Gasteiger partial charge in [0.05, 0.1) is 6.61 Å². The Labute approximate surface area is 96.0 Å². The minimum Gasteiger partial charge on any atom is -0.391 e. The molecule has 0 aliphatic carbocycles. The fourth-order valence-electron chi connectivity index (χ4n) is 1.53. The number of rotatable bonds is 3. The Balaban J connectivity index is 2.27. The summed E-state index contributed by atoms with van der Waals surface area (Å²) in [7, 11) is 0. The van der Waals surface area contributed by atoms with Crippen LogP contribution in [-0.4, -0.2) is 5.11 Å². The first-order valence-electron chi connectivity index (χ1n) is 4.80. The summed E-state index contributed by atoms with van der Waals surface area (Å²) in [5.74, 6) is -1.12. The molecule has 0 fully saturated rings. The molecular formula is C12H10F2OS. The zero-order valence-corrected chi connectivity index (χ0v) is 9.23. The van der Waals surface area contributed by atoms with E-state index in [0.717, 1.165) is 16.5 Å². The molecule has 1 N–H and O–H groups in total. The van der Waals surface area contributed by atoms with Gasteiger partial charge in [-0.3, -0.25) is 0 Å². The van der Waals surface area contributed by atoms with Crippen LogP contribution in [0.4, 0.5) is 8.78 Å². The van der Waals surface area contributed by atoms with Crippen LogP contribution in [0.1, 0.15) is 16.0 Å². The van der Waals surface area contributed by atoms with Gasteiger partial charge in [-0.05, 0) is 28.6 Å². The van der Waals surface area contributed by atoms with Gasteiger partial charge in [-0.1, -0.05) is 6.07 Å². The molecule has 1 nitrogen and oxygen atoms in total. The van der Waals surface area contributed by atoms with Crippen molar-refractivity contribution in [3.63, 3.8) is 0 Å². The van der Waals surface area contributed by atoms with Crippen LogP contribution < -0.4 is 0 Å². The van der Waals surface area contributed by atoms with Gasteiger partial charge in [-0.15, -0.1) is 11.3 Å². The molecule has 1 aromatic heterocycles. The van der Waals surface area contributed by atoms with E-state index in [1.54, 1.807) is 0 Å². The van der Waals surface area contributed by atoms with E-state index in [1.165, 1.54) is 23.5 Å². The van der Waals surface area contributed by atoms with Gasteiger partial charge in [0.2, 0.25) is 0 Å². The van der Waals surface area contributed by atoms with Gasteiger partial charge in [0.15, 0.2) is 0 Å². The summed E-state index contributed by atoms with van der Waals surface area (Å²) in [5.41, 5.74) is 1.33. The van der Waals surface area contributed by atoms with E-state index in [0.29, 0.717) is 12.0 Å². The molecule has 0 spiro atoms. The van der Waals surface area contributed by atoms with Crippen LogP contribution in [0, 0.1) is 11.6 Å². The van der Waals surface area contributed by atoms with E-state index in [4.69, 9.17) is 5.11 Å². The lowest BCUT2D eigenvalue weighted by molar-refractivity contribution is 0.284. The zero-order valence-electron chi connectivity index (χ0n) is 8.41. The number of benzene rings is 1. The molecule has 0 bridgehead atoms. The van der Waals surface area contributed by atoms with Crippen LogP contribution in [0.5, 0.6) is 0 Å². The second-order valence-corrected chi connectivity index (χ2v) is 4.44. The maximum absolute atomic E-state index is 13.4. The fourth-order valence-corrected chi connectivity index (χ4v) is 2.30. The summed E-state index contributed by atoms with van der Waals surface area (Å²) in [5, 5.41) is 10.9. The molecule has 84 valence electrons. The van der Waals surface area contributed by atoms with Crippen molar-refractivity contribution in [3.05, 3.63) is 57.3 Å². The number of aliphatic hydroxyl groups excluding tert-OH is 1. The molecule has 0 unspecified atom stereocenters. The Morgan fingerprint density at radius 1 is 1.12 bits per heavy atom. The Bertz CT molecular complexity index is 494. The van der Waals surface area contributed by atoms with Crippen molar-refractivity contribution in [1.82, 2.24) is 0 Å². The molecule has 0 saturated carbocycles. The minimum atomic E-state index is -0.575. The summed E-state index contributed by atoms with van der Waals surface area (Å²) < 4.78 is 26.1. The van der Waals surface area contributed by atoms with E-state index in [9.17, 15) is 8.78 Å². The first kappa shape index (κ1) is 11.2. The van der Waals surface area contributed by atoms with Crippen LogP contribution in [0.2, 0.25) is 0 Å². The molecule has 1 aromatic carbocycles. The molecule has 0 aliphatic heterocycles. The van der Waals surface area contributed by atoms with Gasteiger partial charge in [0.25, 0.3) is 0 Å². The van der Waals surface area contributed by atoms with Crippen molar-refractivity contribution in [3.8, 4) is 0 Å². The lowest BCUT2D eigenvalue weighted by atomic mass is 10.1. The second-order valence-electron chi connectivity index (χ2n) is 3.44. The summed E-state index contributed by atoms with van der Waals surface area (Å²) in [6.45, 7) is -0.0458. The van der Waals surface area contributed by atoms with E-state index in [-0.39, 0.29) is 6.61 Å². The average Bonchev–Trinajstić information content (AvgIpc) is 2.69. The molecule has 0 atom stereocenters. The highest BCUT2D eigenvalue weighted by molar-refractivity contribution is 7.10. The molecular weight excluding hydrogens is 230 g/mol. The van der Waals surface area contributed by atoms with Gasteiger partial charge >= 0.3 is 0 Å². The van der Waals surface area contributed by atoms with Crippen molar-refractivity contribution in [2.24, 2.45) is 0 Å². The lowest BCUT2D eigenvalue weighted by Crippen LogP contribution is -1.95. The van der Waals surface area contributed by atoms with Crippen LogP contribution in [0.15, 0.2) is 29.6 Å². The van der Waals surface area contributed by atoms with Crippen LogP contribution in [0.25, 0.3) is 0 Å². The summed E-state index contributed by atoms with van der Waals surface area (Å²) >= 11 is 1.43. The highest BCUT2D eigenvalue weighted by atomic mass is 32.1. The van der Waals surface area contributed by atoms with Crippen LogP contribution in [0.3, 0.4) is 0 Å². The summed E-state index contributed by atoms with van der Waals surface area (Å²) in [4.78, 5) is 0.823. The number of halogens is 2. The zero-order chi connectivity index (χ0) is 11.5. The number of hydrogen-bond acceptors (Lipinski definition) is 2. The van der Waals surface area contributed by atoms with Gasteiger partial charge < -0.3 is 5.11 Å². The number of aliphatic hydroxyl groups is 1. The van der Waals surface area contributed by atoms with E-state index in [2.05, 4.69) is 0 Å². The largest absolute Gasteiger partial charge is 0.391 e. The van der Waals surface area contributed by atoms with Gasteiger partial charge in [0.1, 0.15) is 11.6 Å². The van der Waals surface area contributed by atoms with Crippen molar-refractivity contribution in [1.29, 1.82) is 0 Å². The Hall–Kier alpha value is -1.26. The van der Waals surface area contributed by atoms with Gasteiger partial charge in [-0.2, -0.15) is 0 Å². The molecule has 2 rings (SSSR count). The third-order valence-electron chi connectivity index (χ3n) is 2.38. The molecule has 0 radical (unpaired) electrons. The summed E-state index contributed by atoms with van der Waals surface area (Å²) in [6, 6.07) is 5.40. The molecule has 1 heterocycles. The highest BCUT2D eigenvalue weighted by Crippen LogP contribution is 2.21. The van der Waals surface area contributed by atoms with E-state index in [1.807, 2.05) is 11.4 Å². The molecule has 2 aromatic rings. The third kappa shape index (κ3) is 2.28. The standard InChI is InChI=1S/C12H10F2OS/c13-10-2-1-8(11(14)6-10)5-9-3-4-16-12(9)7-15/h1-4,6,15H,5,7H2. The monoisotopic (exact) mass is 240 g/mol. The average molecular weight is 240 g/mol. The smallest absolute Gasteiger partial charge is 0.129 e. The molecule has 0 amide bonds. The van der Waals surface area contributed by atoms with Crippen LogP contribution >= 0.6 is 11.3 Å².